The molecule has 4 nitrogen and oxygen atoms in total. The number of halogens is 4. The molecule has 0 bridgehead atoms. The van der Waals surface area contributed by atoms with Crippen LogP contribution in [0.1, 0.15) is 32.3 Å². The van der Waals surface area contributed by atoms with Crippen LogP contribution in [0.5, 0.6) is 0 Å². The summed E-state index contributed by atoms with van der Waals surface area (Å²) >= 11 is 5.79. The van der Waals surface area contributed by atoms with E-state index in [1.807, 2.05) is 0 Å². The molecule has 0 radical (unpaired) electrons. The fraction of sp³-hybridized carbons (Fsp3) is 0.500. The van der Waals surface area contributed by atoms with Crippen LogP contribution in [0.4, 0.5) is 23.7 Å². The first-order chi connectivity index (χ1) is 9.94. The predicted molar refractivity (Wildman–Crippen MR) is 79.2 cm³/mol. The fourth-order valence-electron chi connectivity index (χ4n) is 1.79. The first-order valence-corrected chi connectivity index (χ1v) is 6.88. The van der Waals surface area contributed by atoms with Crippen molar-refractivity contribution < 1.29 is 22.7 Å². The molecule has 1 aromatic carbocycles. The van der Waals surface area contributed by atoms with Crippen molar-refractivity contribution in [1.82, 2.24) is 0 Å². The van der Waals surface area contributed by atoms with Crippen molar-refractivity contribution in [3.8, 4) is 0 Å². The molecule has 3 N–H and O–H groups in total. The highest BCUT2D eigenvalue weighted by Gasteiger charge is 2.41. The van der Waals surface area contributed by atoms with Gasteiger partial charge in [0, 0.05) is 17.3 Å². The van der Waals surface area contributed by atoms with Crippen LogP contribution in [0.25, 0.3) is 0 Å². The van der Waals surface area contributed by atoms with E-state index in [4.69, 9.17) is 22.1 Å². The largest absolute Gasteiger partial charge is 0.444 e. The van der Waals surface area contributed by atoms with E-state index < -0.39 is 30.3 Å². The lowest BCUT2D eigenvalue weighted by Crippen LogP contribution is -2.31. The standard InChI is InChI=1S/C14H18ClF3N2O2/c1-13(2,3)22-12(21)20-11-6-8(15)4-5-9(11)10(7-19)14(16,17)18/h4-6,10H,7,19H2,1-3H3,(H,20,21). The molecule has 0 aliphatic heterocycles. The minimum atomic E-state index is -4.53. The molecule has 0 spiro atoms. The molecule has 0 saturated heterocycles. The first-order valence-electron chi connectivity index (χ1n) is 6.50. The molecule has 8 heteroatoms. The quantitative estimate of drug-likeness (QED) is 0.864. The van der Waals surface area contributed by atoms with Crippen LogP contribution in [-0.4, -0.2) is 24.4 Å². The molecule has 0 heterocycles. The number of anilines is 1. The Balaban J connectivity index is 3.13. The first kappa shape index (κ1) is 18.6. The lowest BCUT2D eigenvalue weighted by atomic mass is 9.96. The highest BCUT2D eigenvalue weighted by atomic mass is 35.5. The van der Waals surface area contributed by atoms with Gasteiger partial charge in [-0.2, -0.15) is 13.2 Å². The molecule has 0 aliphatic carbocycles. The predicted octanol–water partition coefficient (Wildman–Crippen LogP) is 4.29. The molecular weight excluding hydrogens is 321 g/mol. The van der Waals surface area contributed by atoms with Gasteiger partial charge in [-0.3, -0.25) is 5.32 Å². The molecule has 124 valence electrons. The molecule has 0 aromatic heterocycles. The van der Waals surface area contributed by atoms with Gasteiger partial charge >= 0.3 is 12.3 Å². The number of nitrogens with one attached hydrogen (secondary N) is 1. The number of hydrogen-bond acceptors (Lipinski definition) is 3. The molecule has 22 heavy (non-hydrogen) atoms. The van der Waals surface area contributed by atoms with Gasteiger partial charge in [-0.25, -0.2) is 4.79 Å². The Labute approximate surface area is 131 Å². The van der Waals surface area contributed by atoms with Crippen molar-refractivity contribution in [3.63, 3.8) is 0 Å². The SMILES string of the molecule is CC(C)(C)OC(=O)Nc1cc(Cl)ccc1C(CN)C(F)(F)F. The maximum absolute atomic E-state index is 13.0. The van der Waals surface area contributed by atoms with Gasteiger partial charge in [-0.15, -0.1) is 0 Å². The molecule has 1 amide bonds. The van der Waals surface area contributed by atoms with Gasteiger partial charge in [0.25, 0.3) is 0 Å². The van der Waals surface area contributed by atoms with Crippen molar-refractivity contribution >= 4 is 23.4 Å². The summed E-state index contributed by atoms with van der Waals surface area (Å²) in [6.45, 7) is 4.28. The second-order valence-corrected chi connectivity index (χ2v) is 6.12. The molecule has 1 rings (SSSR count). The summed E-state index contributed by atoms with van der Waals surface area (Å²) in [6, 6.07) is 3.74. The molecule has 1 unspecified atom stereocenters. The number of rotatable bonds is 3. The average molecular weight is 339 g/mol. The molecule has 0 fully saturated rings. The summed E-state index contributed by atoms with van der Waals surface area (Å²) in [5, 5.41) is 2.48. The van der Waals surface area contributed by atoms with Crippen LogP contribution in [0, 0.1) is 0 Å². The summed E-state index contributed by atoms with van der Waals surface area (Å²) in [4.78, 5) is 11.8. The number of benzene rings is 1. The fourth-order valence-corrected chi connectivity index (χ4v) is 1.96. The average Bonchev–Trinajstić information content (AvgIpc) is 2.28. The van der Waals surface area contributed by atoms with Crippen LogP contribution in [0.2, 0.25) is 5.02 Å². The lowest BCUT2D eigenvalue weighted by Gasteiger charge is -2.24. The normalized spacial score (nSPS) is 13.6. The van der Waals surface area contributed by atoms with Crippen molar-refractivity contribution in [2.24, 2.45) is 5.73 Å². The van der Waals surface area contributed by atoms with Crippen molar-refractivity contribution in [2.75, 3.05) is 11.9 Å². The Morgan fingerprint density at radius 3 is 2.41 bits per heavy atom. The van der Waals surface area contributed by atoms with E-state index in [-0.39, 0.29) is 16.3 Å². The summed E-state index contributed by atoms with van der Waals surface area (Å²) in [6.07, 6.45) is -5.40. The van der Waals surface area contributed by atoms with Gasteiger partial charge in [-0.05, 0) is 38.5 Å². The number of hydrogen-bond donors (Lipinski definition) is 2. The zero-order valence-electron chi connectivity index (χ0n) is 12.4. The highest BCUT2D eigenvalue weighted by Crippen LogP contribution is 2.38. The highest BCUT2D eigenvalue weighted by molar-refractivity contribution is 6.31. The lowest BCUT2D eigenvalue weighted by molar-refractivity contribution is -0.148. The number of alkyl halides is 3. The van der Waals surface area contributed by atoms with E-state index in [0.717, 1.165) is 0 Å². The Hall–Kier alpha value is -1.47. The maximum Gasteiger partial charge on any atom is 0.412 e. The number of carbonyl (C=O) groups excluding carboxylic acids is 1. The summed E-state index contributed by atoms with van der Waals surface area (Å²) in [7, 11) is 0. The van der Waals surface area contributed by atoms with Crippen molar-refractivity contribution in [3.05, 3.63) is 28.8 Å². The number of amides is 1. The van der Waals surface area contributed by atoms with Gasteiger partial charge in [-0.1, -0.05) is 17.7 Å². The van der Waals surface area contributed by atoms with Crippen LogP contribution < -0.4 is 11.1 Å². The Bertz CT molecular complexity index is 542. The minimum Gasteiger partial charge on any atom is -0.444 e. The van der Waals surface area contributed by atoms with Crippen LogP contribution in [0.15, 0.2) is 18.2 Å². The number of carbonyl (C=O) groups is 1. The minimum absolute atomic E-state index is 0.0745. The maximum atomic E-state index is 13.0. The molecule has 0 saturated carbocycles. The zero-order chi connectivity index (χ0) is 17.1. The van der Waals surface area contributed by atoms with E-state index in [1.54, 1.807) is 20.8 Å². The second kappa shape index (κ2) is 6.75. The van der Waals surface area contributed by atoms with E-state index in [1.165, 1.54) is 18.2 Å². The van der Waals surface area contributed by atoms with Crippen LogP contribution in [-0.2, 0) is 4.74 Å². The van der Waals surface area contributed by atoms with Crippen LogP contribution in [0.3, 0.4) is 0 Å². The number of ether oxygens (including phenoxy) is 1. The van der Waals surface area contributed by atoms with Gasteiger partial charge in [0.15, 0.2) is 0 Å². The second-order valence-electron chi connectivity index (χ2n) is 5.69. The van der Waals surface area contributed by atoms with Gasteiger partial charge in [0.1, 0.15) is 5.60 Å². The van der Waals surface area contributed by atoms with E-state index >= 15 is 0 Å². The van der Waals surface area contributed by atoms with E-state index in [9.17, 15) is 18.0 Å². The van der Waals surface area contributed by atoms with Crippen molar-refractivity contribution in [1.29, 1.82) is 0 Å². The van der Waals surface area contributed by atoms with Gasteiger partial charge in [0.05, 0.1) is 5.92 Å². The monoisotopic (exact) mass is 338 g/mol. The summed E-state index contributed by atoms with van der Waals surface area (Å²) < 4.78 is 44.1. The molecular formula is C14H18ClF3N2O2. The Morgan fingerprint density at radius 2 is 1.95 bits per heavy atom. The topological polar surface area (TPSA) is 64.3 Å². The van der Waals surface area contributed by atoms with Crippen molar-refractivity contribution in [2.45, 2.75) is 38.5 Å². The molecule has 0 aliphatic rings. The van der Waals surface area contributed by atoms with E-state index in [2.05, 4.69) is 5.32 Å². The van der Waals surface area contributed by atoms with Crippen LogP contribution >= 0.6 is 11.6 Å². The third-order valence-corrected chi connectivity index (χ3v) is 2.89. The van der Waals surface area contributed by atoms with E-state index in [0.29, 0.717) is 0 Å². The number of nitrogens with two attached hydrogens (primary N) is 1. The summed E-state index contributed by atoms with van der Waals surface area (Å²) in [5.74, 6) is -1.91. The summed E-state index contributed by atoms with van der Waals surface area (Å²) in [5.41, 5.74) is 4.22. The third-order valence-electron chi connectivity index (χ3n) is 2.66. The smallest absolute Gasteiger partial charge is 0.412 e. The Kier molecular flexibility index (Phi) is 5.70. The molecule has 1 aromatic rings. The van der Waals surface area contributed by atoms with Gasteiger partial charge < -0.3 is 10.5 Å². The molecule has 1 atom stereocenters. The zero-order valence-corrected chi connectivity index (χ0v) is 13.2. The Morgan fingerprint density at radius 1 is 1.36 bits per heavy atom. The third kappa shape index (κ3) is 5.38. The van der Waals surface area contributed by atoms with Gasteiger partial charge in [0.2, 0.25) is 0 Å².